The molecule has 2 aliphatic rings. The SMILES string of the molecule is CN=C(NCC(c1ccccc1)N1CCCC1)N1CCCC(C)C1.I. The van der Waals surface area contributed by atoms with Gasteiger partial charge in [-0.05, 0) is 50.3 Å². The van der Waals surface area contributed by atoms with E-state index in [9.17, 15) is 0 Å². The Morgan fingerprint density at radius 3 is 2.52 bits per heavy atom. The van der Waals surface area contributed by atoms with Crippen LogP contribution in [0.2, 0.25) is 0 Å². The molecule has 2 aliphatic heterocycles. The van der Waals surface area contributed by atoms with Gasteiger partial charge < -0.3 is 10.2 Å². The predicted molar refractivity (Wildman–Crippen MR) is 117 cm³/mol. The van der Waals surface area contributed by atoms with Crippen LogP contribution in [-0.4, -0.2) is 55.5 Å². The highest BCUT2D eigenvalue weighted by atomic mass is 127. The molecule has 0 bridgehead atoms. The molecule has 2 atom stereocenters. The highest BCUT2D eigenvalue weighted by Gasteiger charge is 2.25. The van der Waals surface area contributed by atoms with Crippen LogP contribution in [0.3, 0.4) is 0 Å². The van der Waals surface area contributed by atoms with Crippen LogP contribution in [0.15, 0.2) is 35.3 Å². The first-order valence-corrected chi connectivity index (χ1v) is 9.52. The van der Waals surface area contributed by atoms with Crippen molar-refractivity contribution in [1.29, 1.82) is 0 Å². The summed E-state index contributed by atoms with van der Waals surface area (Å²) in [5, 5.41) is 3.67. The lowest BCUT2D eigenvalue weighted by atomic mass is 10.0. The van der Waals surface area contributed by atoms with E-state index in [0.29, 0.717) is 6.04 Å². The summed E-state index contributed by atoms with van der Waals surface area (Å²) in [6.45, 7) is 7.95. The Hall–Kier alpha value is -0.820. The largest absolute Gasteiger partial charge is 0.354 e. The molecule has 4 nitrogen and oxygen atoms in total. The molecule has 2 fully saturated rings. The van der Waals surface area contributed by atoms with Crippen LogP contribution in [0.5, 0.6) is 0 Å². The van der Waals surface area contributed by atoms with Crippen molar-refractivity contribution in [2.24, 2.45) is 10.9 Å². The van der Waals surface area contributed by atoms with Gasteiger partial charge in [0.1, 0.15) is 0 Å². The van der Waals surface area contributed by atoms with Crippen LogP contribution in [0.1, 0.15) is 44.2 Å². The minimum Gasteiger partial charge on any atom is -0.354 e. The highest BCUT2D eigenvalue weighted by molar-refractivity contribution is 14.0. The zero-order valence-corrected chi connectivity index (χ0v) is 18.0. The number of rotatable bonds is 4. The van der Waals surface area contributed by atoms with Crippen molar-refractivity contribution >= 4 is 29.9 Å². The molecule has 1 aromatic carbocycles. The minimum absolute atomic E-state index is 0. The summed E-state index contributed by atoms with van der Waals surface area (Å²) in [7, 11) is 1.91. The van der Waals surface area contributed by atoms with Crippen LogP contribution in [-0.2, 0) is 0 Å². The third-order valence-electron chi connectivity index (χ3n) is 5.39. The number of likely N-dealkylation sites (tertiary alicyclic amines) is 2. The van der Waals surface area contributed by atoms with E-state index >= 15 is 0 Å². The lowest BCUT2D eigenvalue weighted by molar-refractivity contribution is 0.236. The summed E-state index contributed by atoms with van der Waals surface area (Å²) in [6, 6.07) is 11.4. The van der Waals surface area contributed by atoms with Crippen molar-refractivity contribution in [3.63, 3.8) is 0 Å². The number of nitrogens with one attached hydrogen (secondary N) is 1. The number of piperidine rings is 1. The summed E-state index contributed by atoms with van der Waals surface area (Å²) in [5.74, 6) is 1.84. The number of halogens is 1. The number of aliphatic imine (C=N–C) groups is 1. The Labute approximate surface area is 170 Å². The molecular weight excluding hydrogens is 423 g/mol. The van der Waals surface area contributed by atoms with Crippen LogP contribution in [0, 0.1) is 5.92 Å². The molecule has 0 amide bonds. The summed E-state index contributed by atoms with van der Waals surface area (Å²) in [5.41, 5.74) is 1.41. The molecule has 0 aliphatic carbocycles. The quantitative estimate of drug-likeness (QED) is 0.426. The summed E-state index contributed by atoms with van der Waals surface area (Å²) in [6.07, 6.45) is 5.26. The number of hydrogen-bond acceptors (Lipinski definition) is 2. The molecule has 0 radical (unpaired) electrons. The summed E-state index contributed by atoms with van der Waals surface area (Å²) >= 11 is 0. The summed E-state index contributed by atoms with van der Waals surface area (Å²) < 4.78 is 0. The van der Waals surface area contributed by atoms with Gasteiger partial charge in [-0.2, -0.15) is 0 Å². The number of hydrogen-bond donors (Lipinski definition) is 1. The van der Waals surface area contributed by atoms with Crippen molar-refractivity contribution in [2.45, 2.75) is 38.6 Å². The topological polar surface area (TPSA) is 30.9 Å². The lowest BCUT2D eigenvalue weighted by Crippen LogP contribution is -2.48. The fourth-order valence-corrected chi connectivity index (χ4v) is 4.09. The maximum Gasteiger partial charge on any atom is 0.193 e. The second-order valence-electron chi connectivity index (χ2n) is 7.29. The zero-order chi connectivity index (χ0) is 16.8. The summed E-state index contributed by atoms with van der Waals surface area (Å²) in [4.78, 5) is 9.60. The molecule has 2 heterocycles. The average Bonchev–Trinajstić information content (AvgIpc) is 3.14. The average molecular weight is 456 g/mol. The van der Waals surface area contributed by atoms with E-state index in [1.807, 2.05) is 7.05 Å². The fourth-order valence-electron chi connectivity index (χ4n) is 4.09. The molecular formula is C20H33IN4. The number of nitrogens with zero attached hydrogens (tertiary/aromatic N) is 3. The van der Waals surface area contributed by atoms with Gasteiger partial charge in [0, 0.05) is 26.7 Å². The van der Waals surface area contributed by atoms with Crippen molar-refractivity contribution in [1.82, 2.24) is 15.1 Å². The van der Waals surface area contributed by atoms with E-state index in [4.69, 9.17) is 0 Å². The first kappa shape index (κ1) is 20.5. The van der Waals surface area contributed by atoms with Gasteiger partial charge in [0.2, 0.25) is 0 Å². The van der Waals surface area contributed by atoms with Crippen molar-refractivity contribution in [2.75, 3.05) is 39.8 Å². The van der Waals surface area contributed by atoms with Gasteiger partial charge in [0.05, 0.1) is 6.04 Å². The Bertz CT molecular complexity index is 528. The van der Waals surface area contributed by atoms with Gasteiger partial charge in [0.25, 0.3) is 0 Å². The van der Waals surface area contributed by atoms with Crippen molar-refractivity contribution in [3.8, 4) is 0 Å². The van der Waals surface area contributed by atoms with E-state index in [2.05, 4.69) is 57.4 Å². The van der Waals surface area contributed by atoms with E-state index in [0.717, 1.165) is 31.5 Å². The molecule has 5 heteroatoms. The van der Waals surface area contributed by atoms with E-state index in [1.165, 1.54) is 44.3 Å². The van der Waals surface area contributed by atoms with Crippen LogP contribution in [0.4, 0.5) is 0 Å². The molecule has 140 valence electrons. The highest BCUT2D eigenvalue weighted by Crippen LogP contribution is 2.24. The third kappa shape index (κ3) is 5.58. The van der Waals surface area contributed by atoms with Crippen LogP contribution >= 0.6 is 24.0 Å². The first-order chi connectivity index (χ1) is 11.8. The molecule has 25 heavy (non-hydrogen) atoms. The monoisotopic (exact) mass is 456 g/mol. The van der Waals surface area contributed by atoms with E-state index < -0.39 is 0 Å². The molecule has 0 saturated carbocycles. The Kier molecular flexibility index (Phi) is 8.49. The minimum atomic E-state index is 0. The number of guanidine groups is 1. The van der Waals surface area contributed by atoms with Gasteiger partial charge in [-0.1, -0.05) is 37.3 Å². The van der Waals surface area contributed by atoms with Crippen LogP contribution < -0.4 is 5.32 Å². The zero-order valence-electron chi connectivity index (χ0n) is 15.7. The van der Waals surface area contributed by atoms with Crippen molar-refractivity contribution in [3.05, 3.63) is 35.9 Å². The maximum absolute atomic E-state index is 4.55. The lowest BCUT2D eigenvalue weighted by Gasteiger charge is -2.35. The third-order valence-corrected chi connectivity index (χ3v) is 5.39. The Morgan fingerprint density at radius 2 is 1.88 bits per heavy atom. The molecule has 2 unspecified atom stereocenters. The predicted octanol–water partition coefficient (Wildman–Crippen LogP) is 3.75. The maximum atomic E-state index is 4.55. The first-order valence-electron chi connectivity index (χ1n) is 9.52. The molecule has 3 rings (SSSR count). The normalized spacial score (nSPS) is 23.2. The van der Waals surface area contributed by atoms with Crippen molar-refractivity contribution < 1.29 is 0 Å². The van der Waals surface area contributed by atoms with Crippen LogP contribution in [0.25, 0.3) is 0 Å². The molecule has 1 N–H and O–H groups in total. The second-order valence-corrected chi connectivity index (χ2v) is 7.29. The number of benzene rings is 1. The second kappa shape index (κ2) is 10.4. The fraction of sp³-hybridized carbons (Fsp3) is 0.650. The smallest absolute Gasteiger partial charge is 0.193 e. The molecule has 2 saturated heterocycles. The van der Waals surface area contributed by atoms with Gasteiger partial charge >= 0.3 is 0 Å². The van der Waals surface area contributed by atoms with E-state index in [-0.39, 0.29) is 24.0 Å². The van der Waals surface area contributed by atoms with Gasteiger partial charge in [-0.25, -0.2) is 0 Å². The molecule has 0 aromatic heterocycles. The van der Waals surface area contributed by atoms with Gasteiger partial charge in [-0.15, -0.1) is 24.0 Å². The Morgan fingerprint density at radius 1 is 1.16 bits per heavy atom. The van der Waals surface area contributed by atoms with Gasteiger partial charge in [-0.3, -0.25) is 9.89 Å². The van der Waals surface area contributed by atoms with E-state index in [1.54, 1.807) is 0 Å². The standard InChI is InChI=1S/C20H32N4.HI/c1-17-9-8-14-24(16-17)20(21-2)22-15-19(23-12-6-7-13-23)18-10-4-3-5-11-18;/h3-5,10-11,17,19H,6-9,12-16H2,1-2H3,(H,21,22);1H. The molecule has 1 aromatic rings. The Balaban J connectivity index is 0.00000225. The van der Waals surface area contributed by atoms with Gasteiger partial charge in [0.15, 0.2) is 5.96 Å². The molecule has 0 spiro atoms.